The van der Waals surface area contributed by atoms with Crippen LogP contribution in [0.4, 0.5) is 5.82 Å². The zero-order valence-electron chi connectivity index (χ0n) is 16.4. The quantitative estimate of drug-likeness (QED) is 0.544. The van der Waals surface area contributed by atoms with E-state index in [2.05, 4.69) is 4.98 Å². The van der Waals surface area contributed by atoms with Gasteiger partial charge in [-0.3, -0.25) is 4.79 Å². The SMILES string of the molecule is Nc1ccc(CCc2ccc(S(=O)(=O)CC(CC(=O)O)c3ccccc3)cc2)cn1. The minimum atomic E-state index is -3.63. The summed E-state index contributed by atoms with van der Waals surface area (Å²) >= 11 is 0. The van der Waals surface area contributed by atoms with Crippen molar-refractivity contribution in [1.82, 2.24) is 4.98 Å². The molecular formula is C23H24N2O4S. The number of carboxylic acid groups (broad SMARTS) is 1. The number of hydrogen-bond donors (Lipinski definition) is 2. The number of hydrogen-bond acceptors (Lipinski definition) is 5. The van der Waals surface area contributed by atoms with Crippen molar-refractivity contribution in [3.05, 3.63) is 89.6 Å². The molecule has 0 saturated heterocycles. The second-order valence-electron chi connectivity index (χ2n) is 7.22. The maximum absolute atomic E-state index is 12.9. The molecule has 7 heteroatoms. The topological polar surface area (TPSA) is 110 Å². The predicted octanol–water partition coefficient (Wildman–Crippen LogP) is 3.48. The maximum atomic E-state index is 12.9. The summed E-state index contributed by atoms with van der Waals surface area (Å²) in [5, 5.41) is 9.21. The first-order valence-corrected chi connectivity index (χ1v) is 11.3. The zero-order chi connectivity index (χ0) is 21.6. The summed E-state index contributed by atoms with van der Waals surface area (Å²) in [5.74, 6) is -1.40. The molecule has 3 rings (SSSR count). The van der Waals surface area contributed by atoms with Crippen LogP contribution in [-0.2, 0) is 27.5 Å². The smallest absolute Gasteiger partial charge is 0.303 e. The van der Waals surface area contributed by atoms with Gasteiger partial charge in [0.2, 0.25) is 0 Å². The lowest BCUT2D eigenvalue weighted by Crippen LogP contribution is -2.18. The normalized spacial score (nSPS) is 12.4. The Morgan fingerprint density at radius 3 is 2.17 bits per heavy atom. The van der Waals surface area contributed by atoms with E-state index in [4.69, 9.17) is 5.73 Å². The molecule has 0 aliphatic carbocycles. The lowest BCUT2D eigenvalue weighted by Gasteiger charge is -2.16. The van der Waals surface area contributed by atoms with E-state index in [1.165, 1.54) is 0 Å². The molecule has 0 amide bonds. The van der Waals surface area contributed by atoms with Crippen LogP contribution in [0, 0.1) is 0 Å². The summed E-state index contributed by atoms with van der Waals surface area (Å²) in [6.07, 6.45) is 3.02. The van der Waals surface area contributed by atoms with Crippen molar-refractivity contribution in [3.63, 3.8) is 0 Å². The summed E-state index contributed by atoms with van der Waals surface area (Å²) in [7, 11) is -3.63. The van der Waals surface area contributed by atoms with Crippen LogP contribution in [0.2, 0.25) is 0 Å². The molecule has 0 aliphatic heterocycles. The lowest BCUT2D eigenvalue weighted by molar-refractivity contribution is -0.137. The van der Waals surface area contributed by atoms with E-state index in [0.29, 0.717) is 11.4 Å². The molecule has 0 saturated carbocycles. The monoisotopic (exact) mass is 424 g/mol. The third kappa shape index (κ3) is 5.90. The van der Waals surface area contributed by atoms with Gasteiger partial charge in [0.15, 0.2) is 9.84 Å². The van der Waals surface area contributed by atoms with Crippen molar-refractivity contribution in [2.24, 2.45) is 0 Å². The molecule has 1 unspecified atom stereocenters. The fourth-order valence-corrected chi connectivity index (χ4v) is 4.89. The van der Waals surface area contributed by atoms with Crippen LogP contribution in [-0.4, -0.2) is 30.2 Å². The van der Waals surface area contributed by atoms with Crippen LogP contribution in [0.15, 0.2) is 77.8 Å². The van der Waals surface area contributed by atoms with E-state index in [-0.39, 0.29) is 17.1 Å². The van der Waals surface area contributed by atoms with Crippen LogP contribution in [0.3, 0.4) is 0 Å². The lowest BCUT2D eigenvalue weighted by atomic mass is 9.98. The number of anilines is 1. The zero-order valence-corrected chi connectivity index (χ0v) is 17.3. The highest BCUT2D eigenvalue weighted by Crippen LogP contribution is 2.25. The van der Waals surface area contributed by atoms with Crippen molar-refractivity contribution < 1.29 is 18.3 Å². The van der Waals surface area contributed by atoms with Gasteiger partial charge in [-0.2, -0.15) is 0 Å². The predicted molar refractivity (Wildman–Crippen MR) is 116 cm³/mol. The fraction of sp³-hybridized carbons (Fsp3) is 0.217. The highest BCUT2D eigenvalue weighted by atomic mass is 32.2. The molecule has 30 heavy (non-hydrogen) atoms. The van der Waals surface area contributed by atoms with Crippen LogP contribution in [0.5, 0.6) is 0 Å². The van der Waals surface area contributed by atoms with Crippen molar-refractivity contribution in [2.45, 2.75) is 30.1 Å². The second-order valence-corrected chi connectivity index (χ2v) is 9.26. The van der Waals surface area contributed by atoms with Crippen LogP contribution >= 0.6 is 0 Å². The van der Waals surface area contributed by atoms with E-state index < -0.39 is 21.7 Å². The molecule has 3 aromatic rings. The van der Waals surface area contributed by atoms with Crippen molar-refractivity contribution >= 4 is 21.6 Å². The minimum Gasteiger partial charge on any atom is -0.481 e. The standard InChI is InChI=1S/C23H24N2O4S/c24-22-13-10-18(15-25-22)7-6-17-8-11-21(12-9-17)30(28,29)16-20(14-23(26)27)19-4-2-1-3-5-19/h1-5,8-13,15,20H,6-7,14,16H2,(H2,24,25)(H,26,27). The number of aliphatic carboxylic acids is 1. The second kappa shape index (κ2) is 9.54. The molecule has 6 nitrogen and oxygen atoms in total. The van der Waals surface area contributed by atoms with Crippen LogP contribution in [0.25, 0.3) is 0 Å². The molecule has 0 spiro atoms. The van der Waals surface area contributed by atoms with Gasteiger partial charge in [0.05, 0.1) is 17.1 Å². The number of aryl methyl sites for hydroxylation is 2. The summed E-state index contributed by atoms with van der Waals surface area (Å²) < 4.78 is 25.8. The Kier molecular flexibility index (Phi) is 6.84. The molecular weight excluding hydrogens is 400 g/mol. The number of benzene rings is 2. The molecule has 2 aromatic carbocycles. The van der Waals surface area contributed by atoms with E-state index in [1.54, 1.807) is 60.8 Å². The first-order valence-electron chi connectivity index (χ1n) is 9.62. The average molecular weight is 425 g/mol. The summed E-state index contributed by atoms with van der Waals surface area (Å²) in [6.45, 7) is 0. The van der Waals surface area contributed by atoms with E-state index in [0.717, 1.165) is 24.0 Å². The van der Waals surface area contributed by atoms with Crippen molar-refractivity contribution in [1.29, 1.82) is 0 Å². The number of rotatable bonds is 9. The summed E-state index contributed by atoms with van der Waals surface area (Å²) in [6, 6.07) is 19.4. The Bertz CT molecular complexity index is 1080. The first kappa shape index (κ1) is 21.5. The van der Waals surface area contributed by atoms with E-state index >= 15 is 0 Å². The highest BCUT2D eigenvalue weighted by molar-refractivity contribution is 7.91. The maximum Gasteiger partial charge on any atom is 0.303 e. The first-order chi connectivity index (χ1) is 14.3. The average Bonchev–Trinajstić information content (AvgIpc) is 2.73. The molecule has 1 atom stereocenters. The Morgan fingerprint density at radius 2 is 1.57 bits per heavy atom. The Hall–Kier alpha value is -3.19. The Balaban J connectivity index is 1.70. The number of sulfone groups is 1. The number of nitrogens with zero attached hydrogens (tertiary/aromatic N) is 1. The molecule has 1 aromatic heterocycles. The van der Waals surface area contributed by atoms with Crippen molar-refractivity contribution in [2.75, 3.05) is 11.5 Å². The number of pyridine rings is 1. The van der Waals surface area contributed by atoms with Crippen molar-refractivity contribution in [3.8, 4) is 0 Å². The van der Waals surface area contributed by atoms with Crippen LogP contribution < -0.4 is 5.73 Å². The van der Waals surface area contributed by atoms with Gasteiger partial charge in [0.25, 0.3) is 0 Å². The largest absolute Gasteiger partial charge is 0.481 e. The molecule has 0 bridgehead atoms. The van der Waals surface area contributed by atoms with Gasteiger partial charge in [-0.25, -0.2) is 13.4 Å². The van der Waals surface area contributed by atoms with E-state index in [9.17, 15) is 18.3 Å². The number of aromatic nitrogens is 1. The molecule has 3 N–H and O–H groups in total. The highest BCUT2D eigenvalue weighted by Gasteiger charge is 2.24. The van der Waals surface area contributed by atoms with Gasteiger partial charge in [0.1, 0.15) is 5.82 Å². The van der Waals surface area contributed by atoms with Gasteiger partial charge >= 0.3 is 5.97 Å². The molecule has 0 fully saturated rings. The number of nitrogens with two attached hydrogens (primary N) is 1. The van der Waals surface area contributed by atoms with Gasteiger partial charge in [-0.1, -0.05) is 48.5 Å². The van der Waals surface area contributed by atoms with Gasteiger partial charge in [-0.05, 0) is 47.7 Å². The number of carbonyl (C=O) groups is 1. The van der Waals surface area contributed by atoms with Gasteiger partial charge in [0, 0.05) is 12.1 Å². The Morgan fingerprint density at radius 1 is 0.933 bits per heavy atom. The Labute approximate surface area is 176 Å². The molecule has 156 valence electrons. The van der Waals surface area contributed by atoms with E-state index in [1.807, 2.05) is 12.1 Å². The summed E-state index contributed by atoms with van der Waals surface area (Å²) in [5.41, 5.74) is 8.36. The fourth-order valence-electron chi connectivity index (χ4n) is 3.31. The third-order valence-electron chi connectivity index (χ3n) is 4.95. The third-order valence-corrected chi connectivity index (χ3v) is 6.78. The summed E-state index contributed by atoms with van der Waals surface area (Å²) in [4.78, 5) is 15.5. The minimum absolute atomic E-state index is 0.201. The number of nitrogen functional groups attached to an aromatic ring is 1. The van der Waals surface area contributed by atoms with Gasteiger partial charge in [-0.15, -0.1) is 0 Å². The number of carboxylic acids is 1. The van der Waals surface area contributed by atoms with Gasteiger partial charge < -0.3 is 10.8 Å². The molecule has 1 heterocycles. The van der Waals surface area contributed by atoms with Crippen LogP contribution in [0.1, 0.15) is 29.0 Å². The molecule has 0 aliphatic rings. The molecule has 0 radical (unpaired) electrons.